The van der Waals surface area contributed by atoms with Gasteiger partial charge in [-0.05, 0) is 43.4 Å². The van der Waals surface area contributed by atoms with Crippen LogP contribution in [0.1, 0.15) is 36.9 Å². The highest BCUT2D eigenvalue weighted by atomic mass is 19.4. The minimum absolute atomic E-state index is 0.152. The zero-order valence-electron chi connectivity index (χ0n) is 12.2. The fraction of sp³-hybridized carbons (Fsp3) is 0.533. The second kappa shape index (κ2) is 6.56. The lowest BCUT2D eigenvalue weighted by molar-refractivity contribution is -0.137. The monoisotopic (exact) mass is 316 g/mol. The van der Waals surface area contributed by atoms with Crippen LogP contribution < -0.4 is 10.6 Å². The third-order valence-corrected chi connectivity index (χ3v) is 3.60. The number of carbonyl (C=O) groups is 1. The average molecular weight is 316 g/mol. The lowest BCUT2D eigenvalue weighted by Gasteiger charge is -2.21. The van der Waals surface area contributed by atoms with E-state index in [1.165, 1.54) is 6.07 Å². The number of hydrogen-bond acceptors (Lipinski definition) is 2. The zero-order valence-corrected chi connectivity index (χ0v) is 12.2. The molecule has 0 aromatic heterocycles. The molecule has 0 saturated heterocycles. The van der Waals surface area contributed by atoms with Gasteiger partial charge in [0.25, 0.3) is 0 Å². The summed E-state index contributed by atoms with van der Waals surface area (Å²) >= 11 is 0. The molecule has 22 heavy (non-hydrogen) atoms. The van der Waals surface area contributed by atoms with Crippen LogP contribution in [-0.4, -0.2) is 23.8 Å². The molecule has 4 nitrogen and oxygen atoms in total. The Morgan fingerprint density at radius 2 is 2.05 bits per heavy atom. The molecule has 1 aromatic carbocycles. The summed E-state index contributed by atoms with van der Waals surface area (Å²) < 4.78 is 38.4. The van der Waals surface area contributed by atoms with E-state index in [2.05, 4.69) is 10.6 Å². The fourth-order valence-corrected chi connectivity index (χ4v) is 2.26. The zero-order chi connectivity index (χ0) is 16.3. The second-order valence-electron chi connectivity index (χ2n) is 5.64. The van der Waals surface area contributed by atoms with Gasteiger partial charge in [-0.15, -0.1) is 0 Å². The van der Waals surface area contributed by atoms with Crippen LogP contribution in [0.3, 0.4) is 0 Å². The Morgan fingerprint density at radius 3 is 2.59 bits per heavy atom. The molecule has 1 unspecified atom stereocenters. The SMILES string of the molecule is C[C@@H](CO)NC(=O)NC(c1cccc(C(F)(F)F)c1)C1CC1. The maximum Gasteiger partial charge on any atom is 0.416 e. The highest BCUT2D eigenvalue weighted by molar-refractivity contribution is 5.74. The maximum absolute atomic E-state index is 12.8. The predicted molar refractivity (Wildman–Crippen MR) is 75.1 cm³/mol. The molecule has 2 rings (SSSR count). The van der Waals surface area contributed by atoms with E-state index in [-0.39, 0.29) is 12.5 Å². The highest BCUT2D eigenvalue weighted by Crippen LogP contribution is 2.42. The van der Waals surface area contributed by atoms with Gasteiger partial charge in [-0.1, -0.05) is 12.1 Å². The third kappa shape index (κ3) is 4.37. The molecule has 0 radical (unpaired) electrons. The van der Waals surface area contributed by atoms with E-state index in [9.17, 15) is 18.0 Å². The first kappa shape index (κ1) is 16.6. The van der Waals surface area contributed by atoms with E-state index < -0.39 is 29.9 Å². The van der Waals surface area contributed by atoms with Crippen LogP contribution >= 0.6 is 0 Å². The van der Waals surface area contributed by atoms with E-state index in [0.717, 1.165) is 25.0 Å². The Kier molecular flexibility index (Phi) is 4.95. The topological polar surface area (TPSA) is 61.4 Å². The summed E-state index contributed by atoms with van der Waals surface area (Å²) in [7, 11) is 0. The quantitative estimate of drug-likeness (QED) is 0.782. The molecule has 1 fully saturated rings. The smallest absolute Gasteiger partial charge is 0.394 e. The van der Waals surface area contributed by atoms with Crippen LogP contribution in [0.2, 0.25) is 0 Å². The predicted octanol–water partition coefficient (Wildman–Crippen LogP) is 2.84. The Labute approximate surface area is 126 Å². The average Bonchev–Trinajstić information content (AvgIpc) is 3.28. The molecule has 1 aliphatic carbocycles. The standard InChI is InChI=1S/C15H19F3N2O2/c1-9(8-21)19-14(22)20-13(10-5-6-10)11-3-2-4-12(7-11)15(16,17)18/h2-4,7,9-10,13,21H,5-6,8H2,1H3,(H2,19,20,22)/t9-,13?/m0/s1. The molecule has 3 N–H and O–H groups in total. The van der Waals surface area contributed by atoms with Crippen LogP contribution in [0.15, 0.2) is 24.3 Å². The molecule has 0 spiro atoms. The molecule has 0 aliphatic heterocycles. The molecular formula is C15H19F3N2O2. The number of benzene rings is 1. The summed E-state index contributed by atoms with van der Waals surface area (Å²) in [6.45, 7) is 1.43. The van der Waals surface area contributed by atoms with Crippen molar-refractivity contribution in [3.8, 4) is 0 Å². The van der Waals surface area contributed by atoms with Gasteiger partial charge < -0.3 is 15.7 Å². The Hall–Kier alpha value is -1.76. The van der Waals surface area contributed by atoms with Crippen LogP contribution in [-0.2, 0) is 6.18 Å². The first-order valence-corrected chi connectivity index (χ1v) is 7.16. The van der Waals surface area contributed by atoms with E-state index in [4.69, 9.17) is 5.11 Å². The highest BCUT2D eigenvalue weighted by Gasteiger charge is 2.36. The minimum Gasteiger partial charge on any atom is -0.394 e. The van der Waals surface area contributed by atoms with Gasteiger partial charge in [0.1, 0.15) is 0 Å². The number of nitrogens with one attached hydrogen (secondary N) is 2. The first-order chi connectivity index (χ1) is 10.3. The summed E-state index contributed by atoms with van der Waals surface area (Å²) in [4.78, 5) is 11.9. The van der Waals surface area contributed by atoms with Crippen molar-refractivity contribution in [2.75, 3.05) is 6.61 Å². The summed E-state index contributed by atoms with van der Waals surface area (Å²) in [5.74, 6) is 0.152. The molecule has 1 aromatic rings. The van der Waals surface area contributed by atoms with Gasteiger partial charge in [0.05, 0.1) is 24.3 Å². The number of carbonyl (C=O) groups excluding carboxylic acids is 1. The van der Waals surface area contributed by atoms with Gasteiger partial charge in [-0.2, -0.15) is 13.2 Å². The van der Waals surface area contributed by atoms with Gasteiger partial charge in [0, 0.05) is 0 Å². The van der Waals surface area contributed by atoms with Crippen molar-refractivity contribution in [3.63, 3.8) is 0 Å². The van der Waals surface area contributed by atoms with Crippen molar-refractivity contribution in [2.24, 2.45) is 5.92 Å². The molecule has 7 heteroatoms. The first-order valence-electron chi connectivity index (χ1n) is 7.16. The molecule has 0 bridgehead atoms. The Balaban J connectivity index is 2.13. The summed E-state index contributed by atoms with van der Waals surface area (Å²) in [6.07, 6.45) is -2.66. The number of urea groups is 1. The van der Waals surface area contributed by atoms with Crippen molar-refractivity contribution in [1.82, 2.24) is 10.6 Å². The Morgan fingerprint density at radius 1 is 1.36 bits per heavy atom. The van der Waals surface area contributed by atoms with Gasteiger partial charge in [-0.3, -0.25) is 0 Å². The number of aliphatic hydroxyl groups is 1. The van der Waals surface area contributed by atoms with Crippen LogP contribution in [0.4, 0.5) is 18.0 Å². The number of aliphatic hydroxyl groups excluding tert-OH is 1. The van der Waals surface area contributed by atoms with Gasteiger partial charge in [-0.25, -0.2) is 4.79 Å². The lowest BCUT2D eigenvalue weighted by atomic mass is 10.00. The van der Waals surface area contributed by atoms with Crippen LogP contribution in [0.25, 0.3) is 0 Å². The molecule has 0 heterocycles. The molecule has 1 aliphatic rings. The normalized spacial score (nSPS) is 17.7. The second-order valence-corrected chi connectivity index (χ2v) is 5.64. The van der Waals surface area contributed by atoms with Gasteiger partial charge in [0.2, 0.25) is 0 Å². The van der Waals surface area contributed by atoms with Gasteiger partial charge in [0.15, 0.2) is 0 Å². The van der Waals surface area contributed by atoms with Crippen molar-refractivity contribution >= 4 is 6.03 Å². The summed E-state index contributed by atoms with van der Waals surface area (Å²) in [5.41, 5.74) is -0.272. The van der Waals surface area contributed by atoms with Crippen molar-refractivity contribution in [1.29, 1.82) is 0 Å². The van der Waals surface area contributed by atoms with E-state index in [1.54, 1.807) is 13.0 Å². The minimum atomic E-state index is -4.40. The largest absolute Gasteiger partial charge is 0.416 e. The number of amides is 2. The summed E-state index contributed by atoms with van der Waals surface area (Å²) in [5, 5.41) is 14.2. The van der Waals surface area contributed by atoms with Crippen LogP contribution in [0, 0.1) is 5.92 Å². The number of alkyl halides is 3. The number of halogens is 3. The van der Waals surface area contributed by atoms with Crippen molar-refractivity contribution < 1.29 is 23.1 Å². The molecule has 2 amide bonds. The van der Waals surface area contributed by atoms with E-state index >= 15 is 0 Å². The third-order valence-electron chi connectivity index (χ3n) is 3.60. The van der Waals surface area contributed by atoms with Crippen molar-refractivity contribution in [3.05, 3.63) is 35.4 Å². The fourth-order valence-electron chi connectivity index (χ4n) is 2.26. The van der Waals surface area contributed by atoms with Crippen LogP contribution in [0.5, 0.6) is 0 Å². The summed E-state index contributed by atoms with van der Waals surface area (Å²) in [6, 6.07) is 3.68. The molecule has 1 saturated carbocycles. The van der Waals surface area contributed by atoms with Gasteiger partial charge >= 0.3 is 12.2 Å². The number of hydrogen-bond donors (Lipinski definition) is 3. The molecule has 122 valence electrons. The number of rotatable bonds is 5. The molecular weight excluding hydrogens is 297 g/mol. The maximum atomic E-state index is 12.8. The van der Waals surface area contributed by atoms with E-state index in [1.807, 2.05) is 0 Å². The lowest BCUT2D eigenvalue weighted by Crippen LogP contribution is -2.44. The molecule has 2 atom stereocenters. The van der Waals surface area contributed by atoms with E-state index in [0.29, 0.717) is 5.56 Å². The van der Waals surface area contributed by atoms with Crippen molar-refractivity contribution in [2.45, 2.75) is 38.0 Å². The Bertz CT molecular complexity index is 530.